The second-order valence-corrected chi connectivity index (χ2v) is 4.81. The number of amides is 1. The van der Waals surface area contributed by atoms with Crippen molar-refractivity contribution in [2.24, 2.45) is 0 Å². The van der Waals surface area contributed by atoms with E-state index in [0.717, 1.165) is 17.0 Å². The summed E-state index contributed by atoms with van der Waals surface area (Å²) in [5.74, 6) is -0.463. The lowest BCUT2D eigenvalue weighted by Crippen LogP contribution is -2.17. The Hall–Kier alpha value is -3.14. The van der Waals surface area contributed by atoms with Gasteiger partial charge in [-0.05, 0) is 11.5 Å². The molecule has 1 N–H and O–H groups in total. The van der Waals surface area contributed by atoms with Crippen LogP contribution < -0.4 is 5.32 Å². The number of nitrogens with zero attached hydrogens (tertiary/aromatic N) is 1. The van der Waals surface area contributed by atoms with Crippen LogP contribution in [0, 0.1) is 5.21 Å². The fraction of sp³-hybridized carbons (Fsp3) is 0. The van der Waals surface area contributed by atoms with Crippen molar-refractivity contribution in [2.45, 2.75) is 0 Å². The predicted octanol–water partition coefficient (Wildman–Crippen LogP) is 3.69. The number of carbonyl (C=O) groups is 1. The Morgan fingerprint density at radius 2 is 1.59 bits per heavy atom. The molecule has 0 aliphatic rings. The van der Waals surface area contributed by atoms with E-state index < -0.39 is 5.91 Å². The molecule has 0 aliphatic carbocycles. The second-order valence-electron chi connectivity index (χ2n) is 4.81. The molecular formula is C18H14N2O2. The van der Waals surface area contributed by atoms with Crippen LogP contribution in [0.5, 0.6) is 0 Å². The highest BCUT2D eigenvalue weighted by Crippen LogP contribution is 2.22. The van der Waals surface area contributed by atoms with Gasteiger partial charge < -0.3 is 10.5 Å². The summed E-state index contributed by atoms with van der Waals surface area (Å²) in [6, 6.07) is 22.0. The number of anilines is 1. The lowest BCUT2D eigenvalue weighted by atomic mass is 10.1. The van der Waals surface area contributed by atoms with E-state index in [2.05, 4.69) is 5.32 Å². The van der Waals surface area contributed by atoms with Crippen molar-refractivity contribution in [3.63, 3.8) is 0 Å². The molecule has 0 unspecified atom stereocenters. The fourth-order valence-electron chi connectivity index (χ4n) is 2.26. The highest BCUT2D eigenvalue weighted by molar-refractivity contribution is 6.31. The monoisotopic (exact) mass is 290 g/mol. The van der Waals surface area contributed by atoms with Gasteiger partial charge >= 0.3 is 5.91 Å². The van der Waals surface area contributed by atoms with Crippen LogP contribution in [0.2, 0.25) is 0 Å². The number of carbonyl (C=O) groups excluding carboxylic acids is 1. The summed E-state index contributed by atoms with van der Waals surface area (Å²) in [5, 5.41) is 16.6. The summed E-state index contributed by atoms with van der Waals surface area (Å²) in [7, 11) is 0. The van der Waals surface area contributed by atoms with Crippen LogP contribution in [0.1, 0.15) is 0 Å². The minimum absolute atomic E-state index is 0.413. The average molecular weight is 290 g/mol. The summed E-state index contributed by atoms with van der Waals surface area (Å²) in [5.41, 5.74) is 1.09. The Balaban J connectivity index is 1.85. The molecule has 0 bridgehead atoms. The molecule has 0 aromatic heterocycles. The molecule has 0 radical (unpaired) electrons. The van der Waals surface area contributed by atoms with E-state index in [1.165, 1.54) is 0 Å². The molecule has 108 valence electrons. The Labute approximate surface area is 127 Å². The minimum Gasteiger partial charge on any atom is -0.618 e. The molecule has 1 amide bonds. The number of fused-ring (bicyclic) bond motifs is 1. The van der Waals surface area contributed by atoms with Crippen LogP contribution in [0.4, 0.5) is 11.4 Å². The van der Waals surface area contributed by atoms with Crippen molar-refractivity contribution >= 4 is 34.3 Å². The quantitative estimate of drug-likeness (QED) is 0.346. The van der Waals surface area contributed by atoms with Gasteiger partial charge in [-0.2, -0.15) is 4.74 Å². The summed E-state index contributed by atoms with van der Waals surface area (Å²) in [6.07, 6.45) is 0.997. The molecule has 22 heavy (non-hydrogen) atoms. The molecule has 4 nitrogen and oxygen atoms in total. The summed E-state index contributed by atoms with van der Waals surface area (Å²) in [6.45, 7) is 0. The van der Waals surface area contributed by atoms with Gasteiger partial charge in [0, 0.05) is 23.2 Å². The molecule has 0 aliphatic heterocycles. The first kappa shape index (κ1) is 13.8. The molecule has 4 heteroatoms. The summed E-state index contributed by atoms with van der Waals surface area (Å²) >= 11 is 0. The smallest absolute Gasteiger partial charge is 0.313 e. The second kappa shape index (κ2) is 6.10. The first-order valence-corrected chi connectivity index (χ1v) is 6.89. The van der Waals surface area contributed by atoms with Gasteiger partial charge in [0.1, 0.15) is 0 Å². The van der Waals surface area contributed by atoms with E-state index in [-0.39, 0.29) is 0 Å². The molecule has 0 saturated heterocycles. The van der Waals surface area contributed by atoms with Crippen molar-refractivity contribution in [3.8, 4) is 0 Å². The molecule has 0 heterocycles. The minimum atomic E-state index is -0.463. The standard InChI is InChI=1S/C18H14N2O2/c21-18(13-20(22)15-9-2-1-3-10-15)19-17-12-6-8-14-7-4-5-11-16(14)17/h1-13H,(H,19,21)/b20-13-. The number of para-hydroxylation sites is 1. The molecule has 0 fully saturated rings. The average Bonchev–Trinajstić information content (AvgIpc) is 2.56. The van der Waals surface area contributed by atoms with Gasteiger partial charge in [0.05, 0.1) is 0 Å². The SMILES string of the molecule is O=C(/C=[N+](\[O-])c1ccccc1)Nc1cccc2ccccc12. The summed E-state index contributed by atoms with van der Waals surface area (Å²) in [4.78, 5) is 12.0. The maximum Gasteiger partial charge on any atom is 0.313 e. The van der Waals surface area contributed by atoms with Crippen LogP contribution >= 0.6 is 0 Å². The van der Waals surface area contributed by atoms with Crippen LogP contribution in [0.3, 0.4) is 0 Å². The maximum atomic E-state index is 12.0. The number of rotatable bonds is 3. The Morgan fingerprint density at radius 3 is 2.41 bits per heavy atom. The number of benzene rings is 3. The summed E-state index contributed by atoms with van der Waals surface area (Å²) < 4.78 is 0.556. The lowest BCUT2D eigenvalue weighted by molar-refractivity contribution is -0.354. The molecule has 3 rings (SSSR count). The number of hydrogen-bond donors (Lipinski definition) is 1. The Morgan fingerprint density at radius 1 is 0.909 bits per heavy atom. The molecular weight excluding hydrogens is 276 g/mol. The third kappa shape index (κ3) is 2.96. The zero-order valence-electron chi connectivity index (χ0n) is 11.8. The van der Waals surface area contributed by atoms with Gasteiger partial charge in [-0.1, -0.05) is 54.6 Å². The third-order valence-corrected chi connectivity index (χ3v) is 3.29. The Kier molecular flexibility index (Phi) is 3.83. The maximum absolute atomic E-state index is 12.0. The van der Waals surface area contributed by atoms with E-state index in [9.17, 15) is 10.0 Å². The first-order valence-electron chi connectivity index (χ1n) is 6.89. The zero-order valence-corrected chi connectivity index (χ0v) is 11.8. The van der Waals surface area contributed by atoms with Crippen LogP contribution in [0.15, 0.2) is 72.8 Å². The highest BCUT2D eigenvalue weighted by Gasteiger charge is 2.08. The molecule has 0 saturated carbocycles. The van der Waals surface area contributed by atoms with E-state index in [1.54, 1.807) is 24.3 Å². The number of nitrogens with one attached hydrogen (secondary N) is 1. The van der Waals surface area contributed by atoms with Crippen LogP contribution in [0.25, 0.3) is 10.8 Å². The Bertz CT molecular complexity index is 837. The molecule has 0 atom stereocenters. The van der Waals surface area contributed by atoms with E-state index in [1.807, 2.05) is 48.5 Å². The third-order valence-electron chi connectivity index (χ3n) is 3.29. The van der Waals surface area contributed by atoms with Gasteiger partial charge in [0.25, 0.3) is 0 Å². The largest absolute Gasteiger partial charge is 0.618 e. The van der Waals surface area contributed by atoms with Gasteiger partial charge in [0.2, 0.25) is 11.9 Å². The zero-order chi connectivity index (χ0) is 15.4. The van der Waals surface area contributed by atoms with Crippen molar-refractivity contribution < 1.29 is 9.53 Å². The van der Waals surface area contributed by atoms with E-state index >= 15 is 0 Å². The van der Waals surface area contributed by atoms with Gasteiger partial charge in [-0.25, -0.2) is 0 Å². The van der Waals surface area contributed by atoms with Crippen LogP contribution in [-0.4, -0.2) is 16.9 Å². The topological polar surface area (TPSA) is 55.2 Å². The molecule has 3 aromatic carbocycles. The van der Waals surface area contributed by atoms with Gasteiger partial charge in [0.15, 0.2) is 0 Å². The first-order chi connectivity index (χ1) is 10.7. The highest BCUT2D eigenvalue weighted by atomic mass is 16.5. The van der Waals surface area contributed by atoms with Gasteiger partial charge in [-0.3, -0.25) is 4.79 Å². The van der Waals surface area contributed by atoms with Crippen molar-refractivity contribution in [3.05, 3.63) is 78.0 Å². The lowest BCUT2D eigenvalue weighted by Gasteiger charge is -2.07. The molecule has 3 aromatic rings. The predicted molar refractivity (Wildman–Crippen MR) is 88.4 cm³/mol. The van der Waals surface area contributed by atoms with Gasteiger partial charge in [-0.15, -0.1) is 0 Å². The van der Waals surface area contributed by atoms with E-state index in [4.69, 9.17) is 0 Å². The van der Waals surface area contributed by atoms with Crippen molar-refractivity contribution in [1.82, 2.24) is 0 Å². The van der Waals surface area contributed by atoms with Crippen LogP contribution in [-0.2, 0) is 4.79 Å². The van der Waals surface area contributed by atoms with E-state index in [0.29, 0.717) is 16.1 Å². The normalized spacial score (nSPS) is 11.4. The van der Waals surface area contributed by atoms with Crippen molar-refractivity contribution in [2.75, 3.05) is 5.32 Å². The van der Waals surface area contributed by atoms with Crippen molar-refractivity contribution in [1.29, 1.82) is 0 Å². The molecule has 0 spiro atoms. The fourth-order valence-corrected chi connectivity index (χ4v) is 2.26. The number of hydrogen-bond acceptors (Lipinski definition) is 2.